The molecule has 0 amide bonds. The molecule has 17 heavy (non-hydrogen) atoms. The van der Waals surface area contributed by atoms with Crippen molar-refractivity contribution in [2.75, 3.05) is 20.7 Å². The number of nitrogens with two attached hydrogens (primary N) is 1. The highest BCUT2D eigenvalue weighted by atomic mass is 16.5. The van der Waals surface area contributed by atoms with Gasteiger partial charge in [0.05, 0.1) is 13.1 Å². The summed E-state index contributed by atoms with van der Waals surface area (Å²) in [4.78, 5) is 2.10. The number of methoxy groups -OCH3 is 1. The van der Waals surface area contributed by atoms with Crippen LogP contribution in [0.5, 0.6) is 0 Å². The lowest BCUT2D eigenvalue weighted by Crippen LogP contribution is -2.39. The Morgan fingerprint density at radius 1 is 1.47 bits per heavy atom. The normalized spacial score (nSPS) is 13.7. The maximum absolute atomic E-state index is 5.80. The van der Waals surface area contributed by atoms with Gasteiger partial charge < -0.3 is 15.4 Å². The molecule has 0 aromatic carbocycles. The first kappa shape index (κ1) is 16.1. The predicted octanol–water partition coefficient (Wildman–Crippen LogP) is 2.05. The smallest absolute Gasteiger partial charge is 0.147 e. The number of hydrogen-bond acceptors (Lipinski definition) is 3. The van der Waals surface area contributed by atoms with E-state index in [0.717, 1.165) is 24.3 Å². The van der Waals surface area contributed by atoms with Crippen LogP contribution in [-0.4, -0.2) is 38.8 Å². The molecule has 2 N–H and O–H groups in total. The van der Waals surface area contributed by atoms with Gasteiger partial charge in [-0.3, -0.25) is 0 Å². The van der Waals surface area contributed by atoms with E-state index in [1.165, 1.54) is 0 Å². The van der Waals surface area contributed by atoms with E-state index >= 15 is 0 Å². The van der Waals surface area contributed by atoms with Gasteiger partial charge >= 0.3 is 0 Å². The molecule has 0 bridgehead atoms. The van der Waals surface area contributed by atoms with E-state index in [-0.39, 0.29) is 5.94 Å². The molecule has 1 radical (unpaired) electrons. The third-order valence-corrected chi connectivity index (χ3v) is 3.17. The molecule has 0 aromatic heterocycles. The molecule has 1 unspecified atom stereocenters. The highest BCUT2D eigenvalue weighted by Crippen LogP contribution is 2.21. The van der Waals surface area contributed by atoms with E-state index < -0.39 is 0 Å². The fraction of sp³-hybridized carbons (Fsp3) is 0.692. The summed E-state index contributed by atoms with van der Waals surface area (Å²) in [5, 5.41) is 0. The van der Waals surface area contributed by atoms with Crippen molar-refractivity contribution in [1.82, 2.24) is 4.90 Å². The molecule has 0 fully saturated rings. The number of rotatable bonds is 9. The molecular formula is C13H26BN2O. The lowest BCUT2D eigenvalue weighted by molar-refractivity contribution is 0.226. The van der Waals surface area contributed by atoms with Crippen molar-refractivity contribution < 1.29 is 4.74 Å². The Labute approximate surface area is 107 Å². The third kappa shape index (κ3) is 4.46. The van der Waals surface area contributed by atoms with Gasteiger partial charge in [-0.05, 0) is 6.42 Å². The summed E-state index contributed by atoms with van der Waals surface area (Å²) in [7, 11) is 5.70. The second-order valence-corrected chi connectivity index (χ2v) is 4.27. The summed E-state index contributed by atoms with van der Waals surface area (Å²) in [6.45, 7) is 12.9. The van der Waals surface area contributed by atoms with Gasteiger partial charge in [0.1, 0.15) is 13.0 Å². The Morgan fingerprint density at radius 3 is 2.41 bits per heavy atom. The van der Waals surface area contributed by atoms with Crippen LogP contribution in [0.2, 0.25) is 6.82 Å². The average molecular weight is 237 g/mol. The van der Waals surface area contributed by atoms with Crippen LogP contribution in [0.3, 0.4) is 0 Å². The maximum atomic E-state index is 5.80. The van der Waals surface area contributed by atoms with E-state index in [1.54, 1.807) is 7.11 Å². The second kappa shape index (κ2) is 8.23. The Kier molecular flexibility index (Phi) is 7.80. The molecule has 3 nitrogen and oxygen atoms in total. The fourth-order valence-corrected chi connectivity index (χ4v) is 1.98. The van der Waals surface area contributed by atoms with Crippen molar-refractivity contribution >= 4 is 7.28 Å². The topological polar surface area (TPSA) is 38.5 Å². The number of hydrogen-bond donors (Lipinski definition) is 1. The monoisotopic (exact) mass is 237 g/mol. The minimum absolute atomic E-state index is 0.0541. The first-order valence-corrected chi connectivity index (χ1v) is 6.17. The molecule has 0 rings (SSSR count). The highest BCUT2D eigenvalue weighted by Gasteiger charge is 2.22. The summed E-state index contributed by atoms with van der Waals surface area (Å²) in [6.07, 6.45) is 2.18. The molecule has 0 aliphatic rings. The summed E-state index contributed by atoms with van der Waals surface area (Å²) in [6, 6.07) is 0. The Morgan fingerprint density at radius 2 is 2.06 bits per heavy atom. The first-order chi connectivity index (χ1) is 8.03. The van der Waals surface area contributed by atoms with Crippen LogP contribution in [-0.2, 0) is 4.74 Å². The molecule has 0 saturated heterocycles. The Bertz CT molecular complexity index is 256. The van der Waals surface area contributed by atoms with Gasteiger partial charge in [-0.1, -0.05) is 33.3 Å². The predicted molar refractivity (Wildman–Crippen MR) is 75.9 cm³/mol. The fourth-order valence-electron chi connectivity index (χ4n) is 1.98. The van der Waals surface area contributed by atoms with E-state index in [9.17, 15) is 0 Å². The van der Waals surface area contributed by atoms with Crippen molar-refractivity contribution in [1.29, 1.82) is 0 Å². The molecule has 4 heteroatoms. The third-order valence-electron chi connectivity index (χ3n) is 3.17. The largest absolute Gasteiger partial charge is 0.500 e. The van der Waals surface area contributed by atoms with E-state index in [0.29, 0.717) is 12.5 Å². The van der Waals surface area contributed by atoms with Gasteiger partial charge in [0.2, 0.25) is 0 Å². The Hall–Kier alpha value is -0.895. The summed E-state index contributed by atoms with van der Waals surface area (Å²) < 4.78 is 5.21. The molecular weight excluding hydrogens is 211 g/mol. The van der Waals surface area contributed by atoms with Crippen LogP contribution in [0.15, 0.2) is 24.6 Å². The van der Waals surface area contributed by atoms with E-state index in [2.05, 4.69) is 32.3 Å². The average Bonchev–Trinajstić information content (AvgIpc) is 2.35. The van der Waals surface area contributed by atoms with Crippen LogP contribution in [0, 0.1) is 5.92 Å². The Balaban J connectivity index is 4.69. The zero-order chi connectivity index (χ0) is 13.4. The minimum atomic E-state index is 0.0541. The van der Waals surface area contributed by atoms with Crippen molar-refractivity contribution in [2.45, 2.75) is 32.5 Å². The quantitative estimate of drug-likeness (QED) is 0.492. The lowest BCUT2D eigenvalue weighted by Gasteiger charge is -2.34. The lowest BCUT2D eigenvalue weighted by atomic mass is 9.70. The number of nitrogens with zero attached hydrogens (tertiary/aromatic N) is 1. The summed E-state index contributed by atoms with van der Waals surface area (Å²) >= 11 is 0. The zero-order valence-electron chi connectivity index (χ0n) is 11.7. The van der Waals surface area contributed by atoms with Gasteiger partial charge in [-0.25, -0.2) is 0 Å². The highest BCUT2D eigenvalue weighted by molar-refractivity contribution is 6.36. The number of likely N-dealkylation sites (N-methyl/N-ethyl adjacent to an activating group) is 1. The first-order valence-electron chi connectivity index (χ1n) is 6.17. The molecule has 0 saturated carbocycles. The van der Waals surface area contributed by atoms with Gasteiger partial charge in [-0.2, -0.15) is 0 Å². The molecule has 2 atom stereocenters. The summed E-state index contributed by atoms with van der Waals surface area (Å²) in [5.41, 5.74) is 6.85. The zero-order valence-corrected chi connectivity index (χ0v) is 11.7. The molecule has 0 aromatic rings. The van der Waals surface area contributed by atoms with Crippen molar-refractivity contribution in [3.8, 4) is 0 Å². The maximum Gasteiger partial charge on any atom is 0.147 e. The second-order valence-electron chi connectivity index (χ2n) is 4.27. The van der Waals surface area contributed by atoms with Gasteiger partial charge in [-0.15, -0.1) is 0 Å². The van der Waals surface area contributed by atoms with Crippen LogP contribution in [0.1, 0.15) is 19.8 Å². The van der Waals surface area contributed by atoms with Crippen LogP contribution in [0.25, 0.3) is 0 Å². The molecule has 0 aliphatic carbocycles. The molecule has 0 spiro atoms. The van der Waals surface area contributed by atoms with Crippen molar-refractivity contribution in [3.63, 3.8) is 0 Å². The van der Waals surface area contributed by atoms with Gasteiger partial charge in [0.15, 0.2) is 0 Å². The van der Waals surface area contributed by atoms with E-state index in [1.807, 2.05) is 13.9 Å². The molecule has 0 aliphatic heterocycles. The molecule has 0 heterocycles. The molecule has 97 valence electrons. The number of ether oxygens (including phenoxy) is 1. The van der Waals surface area contributed by atoms with E-state index in [4.69, 9.17) is 10.5 Å². The van der Waals surface area contributed by atoms with Crippen molar-refractivity contribution in [2.24, 2.45) is 11.7 Å². The minimum Gasteiger partial charge on any atom is -0.500 e. The van der Waals surface area contributed by atoms with Crippen LogP contribution in [0.4, 0.5) is 0 Å². The summed E-state index contributed by atoms with van der Waals surface area (Å²) in [5.74, 6) is 1.11. The SMILES string of the molecule is C=C(OC)C([B]C)N(C)C(=C)[C@H](CN)CCC. The van der Waals surface area contributed by atoms with Gasteiger partial charge in [0, 0.05) is 25.2 Å². The van der Waals surface area contributed by atoms with Gasteiger partial charge in [0.25, 0.3) is 0 Å². The standard InChI is InChI=1S/C13H26BN2O/c1-7-8-12(9-15)10(2)16(5)13(14-4)11(3)17-6/h12-13H,2-3,7-9,15H2,1,4-6H3/t12-,13?/m0/s1. The van der Waals surface area contributed by atoms with Crippen LogP contribution < -0.4 is 5.73 Å². The van der Waals surface area contributed by atoms with Crippen molar-refractivity contribution in [3.05, 3.63) is 24.6 Å². The van der Waals surface area contributed by atoms with Crippen LogP contribution >= 0.6 is 0 Å².